The second kappa shape index (κ2) is 10.2. The molecule has 0 saturated heterocycles. The molecule has 2 heterocycles. The number of hydrogen-bond donors (Lipinski definition) is 4. The van der Waals surface area contributed by atoms with Crippen molar-refractivity contribution in [3.05, 3.63) is 60.1 Å². The molecular weight excluding hydrogens is 476 g/mol. The number of nitrogens with one attached hydrogen (secondary N) is 1. The lowest BCUT2D eigenvalue weighted by Crippen LogP contribution is -2.84. The number of carbonyl (C=O) groups is 1. The second-order valence-electron chi connectivity index (χ2n) is 7.58. The third-order valence-electron chi connectivity index (χ3n) is 4.87. The van der Waals surface area contributed by atoms with Crippen molar-refractivity contribution < 1.29 is 37.2 Å². The summed E-state index contributed by atoms with van der Waals surface area (Å²) in [7, 11) is -3.15. The standard InChI is InChI=1S/C22H22N6O6S/c1-28-8-6-14(7-9-28)17-5-4-16(26-22(25)27-21(23)24)11-15(17)3-2-13-10-18(19(29)30)20(34-12-13)35(31,32)33/h4-9,11-12,18,20H,10H2,1H3,(H7,23,24,25,27,29,30,31,32,33)/t18-,20+/m0/s1. The van der Waals surface area contributed by atoms with Crippen LogP contribution in [0.5, 0.6) is 0 Å². The van der Waals surface area contributed by atoms with E-state index in [1.54, 1.807) is 18.2 Å². The van der Waals surface area contributed by atoms with E-state index in [0.717, 1.165) is 17.4 Å². The third-order valence-corrected chi connectivity index (χ3v) is 5.88. The van der Waals surface area contributed by atoms with Crippen molar-refractivity contribution >= 4 is 33.7 Å². The SMILES string of the molecule is C[n+]1ccc(-c2ccc(N=C(N)[NH+]=C(N)N)cc2C#CC2=CO[C@H](S(=O)(=O)[O-])[C@H](C(=O)[O-])C2)cc1. The van der Waals surface area contributed by atoms with Gasteiger partial charge < -0.3 is 36.4 Å². The molecule has 12 nitrogen and oxygen atoms in total. The number of carbonyl (C=O) groups excluding carboxylic acids is 1. The van der Waals surface area contributed by atoms with Crippen LogP contribution in [0.2, 0.25) is 0 Å². The molecule has 0 fully saturated rings. The van der Waals surface area contributed by atoms with E-state index < -0.39 is 27.4 Å². The fourth-order valence-electron chi connectivity index (χ4n) is 3.27. The number of pyridine rings is 1. The van der Waals surface area contributed by atoms with Gasteiger partial charge in [0.25, 0.3) is 5.96 Å². The number of aryl methyl sites for hydroxylation is 1. The van der Waals surface area contributed by atoms with Crippen molar-refractivity contribution in [3.63, 3.8) is 0 Å². The van der Waals surface area contributed by atoms with E-state index in [0.29, 0.717) is 11.3 Å². The van der Waals surface area contributed by atoms with E-state index in [-0.39, 0.29) is 23.9 Å². The van der Waals surface area contributed by atoms with E-state index >= 15 is 0 Å². The van der Waals surface area contributed by atoms with Crippen LogP contribution in [0, 0.1) is 17.8 Å². The van der Waals surface area contributed by atoms with Crippen LogP contribution in [0.1, 0.15) is 12.0 Å². The summed E-state index contributed by atoms with van der Waals surface area (Å²) < 4.78 is 40.7. The van der Waals surface area contributed by atoms with Crippen LogP contribution in [0.3, 0.4) is 0 Å². The van der Waals surface area contributed by atoms with Crippen molar-refractivity contribution in [2.75, 3.05) is 0 Å². The number of carboxylic acids is 1. The monoisotopic (exact) mass is 498 g/mol. The first kappa shape index (κ1) is 25.2. The third kappa shape index (κ3) is 6.56. The summed E-state index contributed by atoms with van der Waals surface area (Å²) in [6.07, 6.45) is 4.33. The van der Waals surface area contributed by atoms with Gasteiger partial charge in [-0.2, -0.15) is 0 Å². The van der Waals surface area contributed by atoms with Gasteiger partial charge in [-0.3, -0.25) is 0 Å². The zero-order chi connectivity index (χ0) is 25.8. The number of allylic oxidation sites excluding steroid dienone is 1. The van der Waals surface area contributed by atoms with Crippen LogP contribution in [0.25, 0.3) is 11.1 Å². The van der Waals surface area contributed by atoms with E-state index in [1.807, 2.05) is 36.1 Å². The van der Waals surface area contributed by atoms with E-state index in [2.05, 4.69) is 21.8 Å². The highest BCUT2D eigenvalue weighted by Gasteiger charge is 2.33. The molecule has 0 spiro atoms. The normalized spacial score (nSPS) is 17.9. The summed E-state index contributed by atoms with van der Waals surface area (Å²) in [6.45, 7) is 0. The molecule has 0 unspecified atom stereocenters. The Labute approximate surface area is 201 Å². The van der Waals surface area contributed by atoms with Gasteiger partial charge in [0.1, 0.15) is 22.9 Å². The molecule has 1 aliphatic rings. The van der Waals surface area contributed by atoms with Gasteiger partial charge in [-0.05, 0) is 29.7 Å². The number of guanidine groups is 2. The molecule has 1 aromatic carbocycles. The largest absolute Gasteiger partial charge is 0.745 e. The van der Waals surface area contributed by atoms with Gasteiger partial charge in [0.15, 0.2) is 17.8 Å². The molecule has 0 bridgehead atoms. The lowest BCUT2D eigenvalue weighted by Gasteiger charge is -2.32. The van der Waals surface area contributed by atoms with Crippen LogP contribution in [-0.4, -0.2) is 36.3 Å². The molecule has 2 aromatic rings. The summed E-state index contributed by atoms with van der Waals surface area (Å²) in [6, 6.07) is 8.87. The van der Waals surface area contributed by atoms with Crippen molar-refractivity contribution in [1.82, 2.24) is 0 Å². The predicted molar refractivity (Wildman–Crippen MR) is 121 cm³/mol. The Balaban J connectivity index is 2.05. The highest BCUT2D eigenvalue weighted by Crippen LogP contribution is 2.29. The number of aromatic nitrogens is 1. The fraction of sp³-hybridized carbons (Fsp3) is 0.182. The van der Waals surface area contributed by atoms with Crippen molar-refractivity contribution in [2.45, 2.75) is 11.9 Å². The molecular formula is C22H22N6O6S. The number of aliphatic carboxylic acids is 1. The van der Waals surface area contributed by atoms with E-state index in [1.165, 1.54) is 0 Å². The molecule has 1 aromatic heterocycles. The summed E-state index contributed by atoms with van der Waals surface area (Å²) in [5.74, 6) is 2.11. The lowest BCUT2D eigenvalue weighted by molar-refractivity contribution is -0.671. The quantitative estimate of drug-likeness (QED) is 0.107. The minimum absolute atomic E-state index is 0.0477. The highest BCUT2D eigenvalue weighted by molar-refractivity contribution is 7.86. The van der Waals surface area contributed by atoms with Crippen molar-refractivity contribution in [3.8, 4) is 23.0 Å². The number of aliphatic imine (C=N–C) groups is 1. The van der Waals surface area contributed by atoms with E-state index in [9.17, 15) is 22.9 Å². The molecule has 182 valence electrons. The topological polar surface area (TPSA) is 215 Å². The molecule has 2 atom stereocenters. The number of carboxylic acid groups (broad SMARTS) is 1. The van der Waals surface area contributed by atoms with Crippen molar-refractivity contribution in [2.24, 2.45) is 35.2 Å². The Bertz CT molecular complexity index is 1400. The van der Waals surface area contributed by atoms with E-state index in [4.69, 9.17) is 21.9 Å². The van der Waals surface area contributed by atoms with Gasteiger partial charge >= 0.3 is 5.96 Å². The summed E-state index contributed by atoms with van der Waals surface area (Å²) in [5, 5.41) is 11.4. The number of ether oxygens (including phenoxy) is 1. The van der Waals surface area contributed by atoms with Gasteiger partial charge in [-0.25, -0.2) is 18.0 Å². The van der Waals surface area contributed by atoms with Crippen LogP contribution >= 0.6 is 0 Å². The summed E-state index contributed by atoms with van der Waals surface area (Å²) in [5.41, 5.74) is 17.1. The average molecular weight is 499 g/mol. The Kier molecular flexibility index (Phi) is 7.38. The average Bonchev–Trinajstić information content (AvgIpc) is 2.77. The molecule has 35 heavy (non-hydrogen) atoms. The Morgan fingerprint density at radius 3 is 2.49 bits per heavy atom. The first-order chi connectivity index (χ1) is 16.4. The minimum Gasteiger partial charge on any atom is -0.745 e. The molecule has 3 rings (SSSR count). The fourth-order valence-corrected chi connectivity index (χ4v) is 4.07. The summed E-state index contributed by atoms with van der Waals surface area (Å²) in [4.78, 5) is 18.1. The first-order valence-corrected chi connectivity index (χ1v) is 11.5. The molecule has 13 heteroatoms. The second-order valence-corrected chi connectivity index (χ2v) is 9.03. The number of rotatable bonds is 4. The lowest BCUT2D eigenvalue weighted by atomic mass is 9.97. The van der Waals surface area contributed by atoms with Gasteiger partial charge in [0.2, 0.25) is 0 Å². The van der Waals surface area contributed by atoms with Crippen LogP contribution in [0.15, 0.2) is 59.6 Å². The van der Waals surface area contributed by atoms with Crippen LogP contribution < -0.4 is 31.9 Å². The van der Waals surface area contributed by atoms with Gasteiger partial charge in [-0.15, -0.1) is 4.99 Å². The maximum absolute atomic E-state index is 11.4. The zero-order valence-corrected chi connectivity index (χ0v) is 19.3. The van der Waals surface area contributed by atoms with Crippen molar-refractivity contribution in [1.29, 1.82) is 0 Å². The molecule has 0 saturated carbocycles. The highest BCUT2D eigenvalue weighted by atomic mass is 32.2. The zero-order valence-electron chi connectivity index (χ0n) is 18.5. The van der Waals surface area contributed by atoms with Gasteiger partial charge in [-0.1, -0.05) is 17.9 Å². The van der Waals surface area contributed by atoms with Gasteiger partial charge in [0, 0.05) is 29.2 Å². The number of benzene rings is 1. The maximum Gasteiger partial charge on any atom is 0.316 e. The molecule has 1 aliphatic heterocycles. The van der Waals surface area contributed by atoms with Gasteiger partial charge in [0.05, 0.1) is 12.2 Å². The first-order valence-electron chi connectivity index (χ1n) is 10.0. The molecule has 0 radical (unpaired) electrons. The molecule has 7 N–H and O–H groups in total. The summed E-state index contributed by atoms with van der Waals surface area (Å²) >= 11 is 0. The Morgan fingerprint density at radius 2 is 1.89 bits per heavy atom. The maximum atomic E-state index is 11.4. The minimum atomic E-state index is -5.02. The predicted octanol–water partition coefficient (Wildman–Crippen LogP) is -3.63. The van der Waals surface area contributed by atoms with Crippen LogP contribution in [0.4, 0.5) is 5.69 Å². The number of hydrogen-bond acceptors (Lipinski definition) is 7. The number of nitrogens with two attached hydrogens (primary N) is 3. The molecule has 0 amide bonds. The smallest absolute Gasteiger partial charge is 0.316 e. The number of nitrogens with zero attached hydrogens (tertiary/aromatic N) is 2. The Morgan fingerprint density at radius 1 is 1.20 bits per heavy atom. The Hall–Kier alpha value is -4.41. The van der Waals surface area contributed by atoms with Crippen LogP contribution in [-0.2, 0) is 26.7 Å². The molecule has 0 aliphatic carbocycles.